The minimum atomic E-state index is -1.20. The van der Waals surface area contributed by atoms with Crippen molar-refractivity contribution in [2.45, 2.75) is 19.4 Å². The van der Waals surface area contributed by atoms with Gasteiger partial charge in [-0.2, -0.15) is 0 Å². The first-order chi connectivity index (χ1) is 18.1. The lowest BCUT2D eigenvalue weighted by Gasteiger charge is -2.39. The summed E-state index contributed by atoms with van der Waals surface area (Å²) in [7, 11) is 0. The molecule has 0 bridgehead atoms. The van der Waals surface area contributed by atoms with Gasteiger partial charge in [-0.1, -0.05) is 12.1 Å². The Bertz CT molecular complexity index is 1360. The third-order valence-corrected chi connectivity index (χ3v) is 7.01. The van der Waals surface area contributed by atoms with Gasteiger partial charge < -0.3 is 19.6 Å². The number of aromatic nitrogens is 1. The molecule has 1 aliphatic rings. The van der Waals surface area contributed by atoms with E-state index >= 15 is 0 Å². The van der Waals surface area contributed by atoms with Crippen LogP contribution < -0.4 is 0 Å². The summed E-state index contributed by atoms with van der Waals surface area (Å²) in [4.78, 5) is 57.5. The number of rotatable bonds is 7. The van der Waals surface area contributed by atoms with Crippen molar-refractivity contribution < 1.29 is 37.8 Å². The van der Waals surface area contributed by atoms with Crippen LogP contribution in [0.25, 0.3) is 10.4 Å². The zero-order chi connectivity index (χ0) is 27.4. The fourth-order valence-electron chi connectivity index (χ4n) is 4.09. The topological polar surface area (TPSA) is 117 Å². The van der Waals surface area contributed by atoms with Crippen LogP contribution in [0.15, 0.2) is 48.5 Å². The monoisotopic (exact) mass is 543 g/mol. The zero-order valence-corrected chi connectivity index (χ0v) is 21.0. The number of benzene rings is 2. The van der Waals surface area contributed by atoms with Crippen LogP contribution in [-0.2, 0) is 9.53 Å². The van der Waals surface area contributed by atoms with Gasteiger partial charge in [0.25, 0.3) is 5.91 Å². The Kier molecular flexibility index (Phi) is 8.10. The summed E-state index contributed by atoms with van der Waals surface area (Å²) in [5.41, 5.74) is 0.880. The Hall–Kier alpha value is -4.19. The molecule has 1 unspecified atom stereocenters. The highest BCUT2D eigenvalue weighted by molar-refractivity contribution is 7.15. The van der Waals surface area contributed by atoms with Crippen molar-refractivity contribution >= 4 is 35.1 Å². The number of hydrogen-bond acceptors (Lipinski definition) is 7. The largest absolute Gasteiger partial charge is 0.465 e. The first-order valence-electron chi connectivity index (χ1n) is 11.6. The van der Waals surface area contributed by atoms with E-state index in [0.717, 1.165) is 17.0 Å². The van der Waals surface area contributed by atoms with Crippen LogP contribution in [0, 0.1) is 18.6 Å². The van der Waals surface area contributed by atoms with Crippen LogP contribution in [0.4, 0.5) is 13.6 Å². The fourth-order valence-corrected chi connectivity index (χ4v) is 5.01. The molecular weight excluding hydrogens is 520 g/mol. The summed E-state index contributed by atoms with van der Waals surface area (Å²) < 4.78 is 31.6. The third-order valence-electron chi connectivity index (χ3n) is 5.99. The number of aryl methyl sites for hydroxylation is 1. The number of piperazine rings is 1. The van der Waals surface area contributed by atoms with Gasteiger partial charge in [0.05, 0.1) is 22.3 Å². The molecule has 1 atom stereocenters. The molecule has 1 aromatic heterocycles. The van der Waals surface area contributed by atoms with E-state index in [9.17, 15) is 33.1 Å². The van der Waals surface area contributed by atoms with Crippen molar-refractivity contribution in [2.24, 2.45) is 0 Å². The molecular formula is C26H23F2N3O6S. The lowest BCUT2D eigenvalue weighted by atomic mass is 10.1. The summed E-state index contributed by atoms with van der Waals surface area (Å²) in [5, 5.41) is 10.1. The number of amides is 2. The molecule has 1 saturated heterocycles. The average molecular weight is 544 g/mol. The quantitative estimate of drug-likeness (QED) is 0.353. The number of ketones is 1. The second kappa shape index (κ2) is 11.5. The van der Waals surface area contributed by atoms with Gasteiger partial charge in [-0.3, -0.25) is 14.4 Å². The Morgan fingerprint density at radius 3 is 2.29 bits per heavy atom. The number of thiazole rings is 1. The predicted octanol–water partition coefficient (Wildman–Crippen LogP) is 4.02. The molecule has 1 N–H and O–H groups in total. The molecule has 2 aromatic carbocycles. The SMILES string of the molecule is Cc1nc(C(=O)N2CCN(C(=O)O)CC2CC(=O)OCC(=O)c2ccc(F)cc2)c(-c2ccc(F)cc2)s1. The molecule has 1 fully saturated rings. The van der Waals surface area contributed by atoms with Gasteiger partial charge in [-0.15, -0.1) is 11.3 Å². The summed E-state index contributed by atoms with van der Waals surface area (Å²) in [5.74, 6) is -2.78. The number of hydrogen-bond donors (Lipinski definition) is 1. The Morgan fingerprint density at radius 1 is 1.03 bits per heavy atom. The van der Waals surface area contributed by atoms with Crippen LogP contribution in [-0.4, -0.2) is 75.9 Å². The highest BCUT2D eigenvalue weighted by atomic mass is 32.1. The number of Topliss-reactive ketones (excluding diaryl/α,β-unsaturated/α-hetero) is 1. The number of ether oxygens (including phenoxy) is 1. The minimum absolute atomic E-state index is 0.0109. The second-order valence-electron chi connectivity index (χ2n) is 8.59. The summed E-state index contributed by atoms with van der Waals surface area (Å²) >= 11 is 1.26. The van der Waals surface area contributed by atoms with Gasteiger partial charge >= 0.3 is 12.1 Å². The molecule has 4 rings (SSSR count). The maximum absolute atomic E-state index is 13.6. The van der Waals surface area contributed by atoms with Gasteiger partial charge in [0.1, 0.15) is 17.3 Å². The molecule has 1 aliphatic heterocycles. The Morgan fingerprint density at radius 2 is 1.66 bits per heavy atom. The van der Waals surface area contributed by atoms with E-state index < -0.39 is 48.0 Å². The van der Waals surface area contributed by atoms with Crippen molar-refractivity contribution in [3.05, 3.63) is 76.4 Å². The Labute approximate surface area is 220 Å². The van der Waals surface area contributed by atoms with E-state index in [1.165, 1.54) is 52.6 Å². The number of carboxylic acid groups (broad SMARTS) is 1. The number of carbonyl (C=O) groups excluding carboxylic acids is 3. The van der Waals surface area contributed by atoms with Gasteiger partial charge in [0.15, 0.2) is 12.4 Å². The number of nitrogens with zero attached hydrogens (tertiary/aromatic N) is 3. The van der Waals surface area contributed by atoms with Crippen LogP contribution in [0.1, 0.15) is 32.3 Å². The first kappa shape index (κ1) is 26.9. The van der Waals surface area contributed by atoms with Gasteiger partial charge in [-0.25, -0.2) is 18.6 Å². The summed E-state index contributed by atoms with van der Waals surface area (Å²) in [6.45, 7) is 1.04. The van der Waals surface area contributed by atoms with Gasteiger partial charge in [-0.05, 0) is 48.9 Å². The number of esters is 1. The molecule has 0 radical (unpaired) electrons. The van der Waals surface area contributed by atoms with Crippen molar-refractivity contribution in [1.29, 1.82) is 0 Å². The molecule has 9 nitrogen and oxygen atoms in total. The normalized spacial score (nSPS) is 15.3. The third kappa shape index (κ3) is 6.20. The smallest absolute Gasteiger partial charge is 0.407 e. The van der Waals surface area contributed by atoms with E-state index in [1.54, 1.807) is 6.92 Å². The standard InChI is InChI=1S/C26H23F2N3O6S/c1-15-29-23(24(38-15)17-4-8-19(28)9-5-17)25(34)31-11-10-30(26(35)36)13-20(31)12-22(33)37-14-21(32)16-2-6-18(27)7-3-16/h2-9,20H,10-14H2,1H3,(H,35,36). The molecule has 12 heteroatoms. The highest BCUT2D eigenvalue weighted by Crippen LogP contribution is 2.32. The fraction of sp³-hybridized carbons (Fsp3) is 0.269. The molecule has 0 aliphatic carbocycles. The van der Waals surface area contributed by atoms with Gasteiger partial charge in [0.2, 0.25) is 0 Å². The highest BCUT2D eigenvalue weighted by Gasteiger charge is 2.36. The molecule has 198 valence electrons. The van der Waals surface area contributed by atoms with Crippen LogP contribution in [0.5, 0.6) is 0 Å². The lowest BCUT2D eigenvalue weighted by molar-refractivity contribution is -0.144. The van der Waals surface area contributed by atoms with Crippen molar-refractivity contribution in [1.82, 2.24) is 14.8 Å². The molecule has 2 amide bonds. The van der Waals surface area contributed by atoms with E-state index in [1.807, 2.05) is 0 Å². The predicted molar refractivity (Wildman–Crippen MR) is 133 cm³/mol. The number of carbonyl (C=O) groups is 4. The zero-order valence-electron chi connectivity index (χ0n) is 20.2. The summed E-state index contributed by atoms with van der Waals surface area (Å²) in [6.07, 6.45) is -1.56. The number of halogens is 2. The van der Waals surface area contributed by atoms with Crippen molar-refractivity contribution in [3.8, 4) is 10.4 Å². The minimum Gasteiger partial charge on any atom is -0.465 e. The summed E-state index contributed by atoms with van der Waals surface area (Å²) in [6, 6.07) is 9.51. The maximum atomic E-state index is 13.6. The van der Waals surface area contributed by atoms with Crippen LogP contribution in [0.2, 0.25) is 0 Å². The maximum Gasteiger partial charge on any atom is 0.407 e. The first-order valence-corrected chi connectivity index (χ1v) is 12.4. The molecule has 2 heterocycles. The molecule has 38 heavy (non-hydrogen) atoms. The average Bonchev–Trinajstić information content (AvgIpc) is 3.29. The second-order valence-corrected chi connectivity index (χ2v) is 9.80. The van der Waals surface area contributed by atoms with E-state index in [2.05, 4.69) is 4.98 Å². The van der Waals surface area contributed by atoms with E-state index in [4.69, 9.17) is 4.74 Å². The molecule has 3 aromatic rings. The van der Waals surface area contributed by atoms with E-state index in [-0.39, 0.29) is 37.3 Å². The molecule has 0 saturated carbocycles. The van der Waals surface area contributed by atoms with E-state index in [0.29, 0.717) is 15.4 Å². The van der Waals surface area contributed by atoms with Crippen molar-refractivity contribution in [3.63, 3.8) is 0 Å². The lowest BCUT2D eigenvalue weighted by Crippen LogP contribution is -2.57. The Balaban J connectivity index is 1.50. The van der Waals surface area contributed by atoms with Crippen LogP contribution >= 0.6 is 11.3 Å². The van der Waals surface area contributed by atoms with Crippen molar-refractivity contribution in [2.75, 3.05) is 26.2 Å². The van der Waals surface area contributed by atoms with Crippen LogP contribution in [0.3, 0.4) is 0 Å². The van der Waals surface area contributed by atoms with Gasteiger partial charge in [0, 0.05) is 25.2 Å². The molecule has 0 spiro atoms.